The van der Waals surface area contributed by atoms with Crippen molar-refractivity contribution in [2.75, 3.05) is 7.05 Å². The minimum atomic E-state index is -0.529. The molecule has 0 bridgehead atoms. The van der Waals surface area contributed by atoms with Crippen molar-refractivity contribution in [3.8, 4) is 11.1 Å². The number of hydrogen-bond donors (Lipinski definition) is 1. The van der Waals surface area contributed by atoms with Gasteiger partial charge >= 0.3 is 6.01 Å². The molecule has 0 unspecified atom stereocenters. The molecule has 0 radical (unpaired) electrons. The van der Waals surface area contributed by atoms with Gasteiger partial charge in [-0.25, -0.2) is 0 Å². The third kappa shape index (κ3) is 2.16. The van der Waals surface area contributed by atoms with Gasteiger partial charge in [-0.3, -0.25) is 15.1 Å². The lowest BCUT2D eigenvalue weighted by Gasteiger charge is -2.31. The molecule has 6 nitrogen and oxygen atoms in total. The number of fused-ring (bicyclic) bond motifs is 3. The van der Waals surface area contributed by atoms with Crippen molar-refractivity contribution in [1.82, 2.24) is 20.2 Å². The van der Waals surface area contributed by atoms with E-state index in [2.05, 4.69) is 62.6 Å². The van der Waals surface area contributed by atoms with Gasteiger partial charge < -0.3 is 0 Å². The number of H-pyrrole nitrogens is 1. The molecule has 1 N–H and O–H groups in total. The molecule has 6 heteroatoms. The van der Waals surface area contributed by atoms with Crippen molar-refractivity contribution in [3.05, 3.63) is 108 Å². The van der Waals surface area contributed by atoms with Crippen LogP contribution in [0.3, 0.4) is 0 Å². The number of nitrogens with one attached hydrogen (secondary N) is 1. The van der Waals surface area contributed by atoms with Crippen LogP contribution in [0.4, 0.5) is 5.69 Å². The molecule has 0 atom stereocenters. The maximum Gasteiger partial charge on any atom is 0.495 e. The van der Waals surface area contributed by atoms with Crippen LogP contribution >= 0.6 is 0 Å². The normalized spacial score (nSPS) is 15.5. The lowest BCUT2D eigenvalue weighted by Crippen LogP contribution is -2.29. The molecule has 1 aliphatic heterocycles. The third-order valence-electron chi connectivity index (χ3n) is 5.91. The SMILES string of the molecule is C[N+]1=C=[N+](c2cccc(C3(c4ccn[nH]4)c4ccncc4-c4cnccc43)c2)C=C1. The Morgan fingerprint density at radius 1 is 0.900 bits per heavy atom. The molecule has 4 aromatic rings. The van der Waals surface area contributed by atoms with Crippen molar-refractivity contribution >= 4 is 11.7 Å². The summed E-state index contributed by atoms with van der Waals surface area (Å²) in [5.74, 6) is 0. The summed E-state index contributed by atoms with van der Waals surface area (Å²) >= 11 is 0. The van der Waals surface area contributed by atoms with Gasteiger partial charge in [-0.2, -0.15) is 5.10 Å². The minimum Gasteiger partial charge on any atom is -0.281 e. The van der Waals surface area contributed by atoms with Crippen molar-refractivity contribution in [2.24, 2.45) is 0 Å². The second-order valence-corrected chi connectivity index (χ2v) is 7.49. The standard InChI is InChI=1S/C24H18N6/c1-29-11-12-30(16-29)18-4-2-3-17(13-18)24(23-7-10-27-28-23)21-5-8-25-14-19(21)20-15-26-9-6-22(20)24/h2-15H,1H3,(H,27,28)/q+2. The Hall–Kier alpha value is -4.15. The number of aromatic nitrogens is 4. The van der Waals surface area contributed by atoms with E-state index < -0.39 is 5.41 Å². The molecule has 4 heterocycles. The van der Waals surface area contributed by atoms with Crippen LogP contribution in [0, 0.1) is 0 Å². The second kappa shape index (κ2) is 6.17. The summed E-state index contributed by atoms with van der Waals surface area (Å²) < 4.78 is 3.91. The van der Waals surface area contributed by atoms with E-state index in [0.717, 1.165) is 28.1 Å². The molecular weight excluding hydrogens is 372 g/mol. The Kier molecular flexibility index (Phi) is 3.45. The number of hydrogen-bond acceptors (Lipinski definition) is 3. The van der Waals surface area contributed by atoms with Crippen LogP contribution in [-0.2, 0) is 5.41 Å². The fraction of sp³-hybridized carbons (Fsp3) is 0.0833. The van der Waals surface area contributed by atoms with Gasteiger partial charge in [-0.05, 0) is 34.9 Å². The Bertz CT molecular complexity index is 1350. The number of aromatic amines is 1. The first-order chi connectivity index (χ1) is 14.8. The topological polar surface area (TPSA) is 60.5 Å². The van der Waals surface area contributed by atoms with Crippen LogP contribution in [0.15, 0.2) is 85.8 Å². The van der Waals surface area contributed by atoms with Crippen LogP contribution in [-0.4, -0.2) is 42.4 Å². The van der Waals surface area contributed by atoms with Crippen molar-refractivity contribution < 1.29 is 9.15 Å². The van der Waals surface area contributed by atoms with E-state index in [1.807, 2.05) is 59.5 Å². The quantitative estimate of drug-likeness (QED) is 0.480. The van der Waals surface area contributed by atoms with E-state index in [-0.39, 0.29) is 0 Å². The average Bonchev–Trinajstić information content (AvgIpc) is 3.52. The Labute approximate surface area is 173 Å². The Morgan fingerprint density at radius 2 is 1.67 bits per heavy atom. The summed E-state index contributed by atoms with van der Waals surface area (Å²) in [5, 5.41) is 7.55. The van der Waals surface area contributed by atoms with Gasteiger partial charge in [0.05, 0.1) is 11.1 Å². The minimum absolute atomic E-state index is 0.529. The van der Waals surface area contributed by atoms with Crippen LogP contribution in [0.5, 0.6) is 0 Å². The van der Waals surface area contributed by atoms with E-state index >= 15 is 0 Å². The first-order valence-electron chi connectivity index (χ1n) is 9.75. The van der Waals surface area contributed by atoms with E-state index in [4.69, 9.17) is 0 Å². The molecule has 142 valence electrons. The zero-order valence-electron chi connectivity index (χ0n) is 16.3. The molecule has 0 saturated carbocycles. The molecule has 0 saturated heterocycles. The van der Waals surface area contributed by atoms with E-state index in [1.54, 1.807) is 6.20 Å². The van der Waals surface area contributed by atoms with Crippen LogP contribution < -0.4 is 0 Å². The molecule has 0 amide bonds. The monoisotopic (exact) mass is 390 g/mol. The lowest BCUT2D eigenvalue weighted by atomic mass is 9.70. The predicted octanol–water partition coefficient (Wildman–Crippen LogP) is 3.51. The molecule has 0 spiro atoms. The zero-order chi connectivity index (χ0) is 20.1. The van der Waals surface area contributed by atoms with Gasteiger partial charge in [-0.15, -0.1) is 0 Å². The van der Waals surface area contributed by atoms with Crippen LogP contribution in [0.2, 0.25) is 0 Å². The van der Waals surface area contributed by atoms with E-state index in [1.165, 1.54) is 11.1 Å². The lowest BCUT2D eigenvalue weighted by molar-refractivity contribution is -0.429. The fourth-order valence-corrected chi connectivity index (χ4v) is 4.67. The Morgan fingerprint density at radius 3 is 2.30 bits per heavy atom. The molecule has 6 rings (SSSR count). The highest BCUT2D eigenvalue weighted by atomic mass is 15.1. The summed E-state index contributed by atoms with van der Waals surface area (Å²) in [6, 6.07) is 18.1. The summed E-state index contributed by atoms with van der Waals surface area (Å²) in [6.45, 7) is 0. The third-order valence-corrected chi connectivity index (χ3v) is 5.91. The van der Waals surface area contributed by atoms with Gasteiger partial charge in [0, 0.05) is 54.2 Å². The second-order valence-electron chi connectivity index (χ2n) is 7.49. The number of rotatable bonds is 3. The molecule has 30 heavy (non-hydrogen) atoms. The van der Waals surface area contributed by atoms with Crippen molar-refractivity contribution in [3.63, 3.8) is 0 Å². The highest BCUT2D eigenvalue weighted by molar-refractivity contribution is 5.84. The van der Waals surface area contributed by atoms with Gasteiger partial charge in [0.1, 0.15) is 0 Å². The first-order valence-corrected chi connectivity index (χ1v) is 9.75. The Balaban J connectivity index is 1.71. The van der Waals surface area contributed by atoms with Gasteiger partial charge in [0.15, 0.2) is 7.05 Å². The molecule has 3 aromatic heterocycles. The molecule has 1 aliphatic carbocycles. The van der Waals surface area contributed by atoms with E-state index in [0.29, 0.717) is 0 Å². The predicted molar refractivity (Wildman–Crippen MR) is 112 cm³/mol. The van der Waals surface area contributed by atoms with Crippen LogP contribution in [0.1, 0.15) is 22.4 Å². The fourth-order valence-electron chi connectivity index (χ4n) is 4.67. The molecule has 0 fully saturated rings. The summed E-state index contributed by atoms with van der Waals surface area (Å²) in [7, 11) is 1.97. The molecule has 2 aliphatic rings. The first kappa shape index (κ1) is 16.8. The maximum atomic E-state index is 4.40. The summed E-state index contributed by atoms with van der Waals surface area (Å²) in [5.41, 5.74) is 7.21. The average molecular weight is 390 g/mol. The smallest absolute Gasteiger partial charge is 0.281 e. The highest BCUT2D eigenvalue weighted by Crippen LogP contribution is 2.55. The number of pyridine rings is 2. The number of benzene rings is 1. The van der Waals surface area contributed by atoms with Crippen molar-refractivity contribution in [1.29, 1.82) is 0 Å². The van der Waals surface area contributed by atoms with Crippen LogP contribution in [0.25, 0.3) is 11.1 Å². The largest absolute Gasteiger partial charge is 0.495 e. The maximum absolute atomic E-state index is 4.40. The highest BCUT2D eigenvalue weighted by Gasteiger charge is 2.47. The van der Waals surface area contributed by atoms with Crippen molar-refractivity contribution in [2.45, 2.75) is 5.41 Å². The summed E-state index contributed by atoms with van der Waals surface area (Å²) in [6.07, 6.45) is 13.4. The number of nitrogens with zero attached hydrogens (tertiary/aromatic N) is 5. The van der Waals surface area contributed by atoms with E-state index in [9.17, 15) is 0 Å². The van der Waals surface area contributed by atoms with Gasteiger partial charge in [0.2, 0.25) is 11.9 Å². The van der Waals surface area contributed by atoms with Gasteiger partial charge in [-0.1, -0.05) is 21.3 Å². The molecule has 1 aromatic carbocycles. The summed E-state index contributed by atoms with van der Waals surface area (Å²) in [4.78, 5) is 8.80. The van der Waals surface area contributed by atoms with Gasteiger partial charge in [0.25, 0.3) is 6.20 Å². The zero-order valence-corrected chi connectivity index (χ0v) is 16.3. The molecular formula is C24H18N6+2.